The Balaban J connectivity index is 2.12. The molecule has 1 aromatic carbocycles. The summed E-state index contributed by atoms with van der Waals surface area (Å²) in [5.74, 6) is 0. The molecule has 0 aromatic heterocycles. The maximum absolute atomic E-state index is 13.1. The topological polar surface area (TPSA) is 52.6 Å². The molecule has 1 aromatic rings. The van der Waals surface area contributed by atoms with E-state index in [1.807, 2.05) is 32.9 Å². The van der Waals surface area contributed by atoms with E-state index in [9.17, 15) is 8.42 Å². The molecule has 2 rings (SSSR count). The normalized spacial score (nSPS) is 17.2. The third kappa shape index (κ3) is 3.99. The number of hydrogen-bond donors (Lipinski definition) is 1. The van der Waals surface area contributed by atoms with Crippen LogP contribution in [0.1, 0.15) is 29.5 Å². The van der Waals surface area contributed by atoms with Gasteiger partial charge in [0.1, 0.15) is 0 Å². The van der Waals surface area contributed by atoms with Crippen molar-refractivity contribution in [3.05, 3.63) is 41.6 Å². The second kappa shape index (κ2) is 7.68. The van der Waals surface area contributed by atoms with Crippen LogP contribution >= 0.6 is 0 Å². The molecule has 0 amide bonds. The van der Waals surface area contributed by atoms with Crippen LogP contribution in [0.25, 0.3) is 0 Å². The lowest BCUT2D eigenvalue weighted by atomic mass is 10.1. The van der Waals surface area contributed by atoms with Crippen LogP contribution in [0, 0.1) is 20.8 Å². The minimum atomic E-state index is -3.42. The molecule has 0 unspecified atom stereocenters. The summed E-state index contributed by atoms with van der Waals surface area (Å²) >= 11 is 0. The predicted octanol–water partition coefficient (Wildman–Crippen LogP) is 2.39. The molecule has 6 heteroatoms. The van der Waals surface area contributed by atoms with Crippen molar-refractivity contribution in [2.75, 3.05) is 26.8 Å². The fraction of sp³-hybridized carbons (Fsp3) is 0.556. The van der Waals surface area contributed by atoms with Crippen LogP contribution in [0.2, 0.25) is 0 Å². The van der Waals surface area contributed by atoms with Crippen molar-refractivity contribution in [1.82, 2.24) is 14.5 Å². The zero-order valence-electron chi connectivity index (χ0n) is 15.2. The third-order valence-electron chi connectivity index (χ3n) is 4.73. The van der Waals surface area contributed by atoms with E-state index in [1.165, 1.54) is 0 Å². The highest BCUT2D eigenvalue weighted by Gasteiger charge is 2.32. The van der Waals surface area contributed by atoms with Gasteiger partial charge in [0, 0.05) is 19.1 Å². The fourth-order valence-corrected chi connectivity index (χ4v) is 5.45. The highest BCUT2D eigenvalue weighted by molar-refractivity contribution is 7.89. The molecular weight excluding hydrogens is 322 g/mol. The van der Waals surface area contributed by atoms with Crippen molar-refractivity contribution in [3.63, 3.8) is 0 Å². The van der Waals surface area contributed by atoms with Crippen LogP contribution in [0.4, 0.5) is 0 Å². The summed E-state index contributed by atoms with van der Waals surface area (Å²) in [6.07, 6.45) is 3.37. The molecule has 1 aliphatic heterocycles. The van der Waals surface area contributed by atoms with Crippen molar-refractivity contribution in [1.29, 1.82) is 0 Å². The summed E-state index contributed by atoms with van der Waals surface area (Å²) < 4.78 is 27.8. The van der Waals surface area contributed by atoms with E-state index in [4.69, 9.17) is 0 Å². The summed E-state index contributed by atoms with van der Waals surface area (Å²) in [5.41, 5.74) is 2.77. The van der Waals surface area contributed by atoms with Crippen molar-refractivity contribution in [2.45, 2.75) is 44.6 Å². The zero-order valence-corrected chi connectivity index (χ0v) is 16.0. The van der Waals surface area contributed by atoms with Crippen LogP contribution in [-0.4, -0.2) is 50.5 Å². The van der Waals surface area contributed by atoms with Gasteiger partial charge in [0.15, 0.2) is 0 Å². The molecule has 0 atom stereocenters. The average Bonchev–Trinajstić information content (AvgIpc) is 2.51. The molecule has 1 saturated heterocycles. The lowest BCUT2D eigenvalue weighted by Crippen LogP contribution is -2.47. The largest absolute Gasteiger partial charge is 0.379 e. The van der Waals surface area contributed by atoms with E-state index >= 15 is 0 Å². The molecule has 1 fully saturated rings. The molecule has 0 saturated carbocycles. The summed E-state index contributed by atoms with van der Waals surface area (Å²) in [6.45, 7) is 11.3. The second-order valence-electron chi connectivity index (χ2n) is 6.69. The van der Waals surface area contributed by atoms with E-state index in [-0.39, 0.29) is 0 Å². The van der Waals surface area contributed by atoms with Crippen molar-refractivity contribution < 1.29 is 8.42 Å². The van der Waals surface area contributed by atoms with E-state index < -0.39 is 10.0 Å². The zero-order chi connectivity index (χ0) is 17.9. The Morgan fingerprint density at radius 3 is 2.29 bits per heavy atom. The number of rotatable bonds is 6. The smallest absolute Gasteiger partial charge is 0.243 e. The molecule has 0 radical (unpaired) electrons. The number of nitrogens with one attached hydrogen (secondary N) is 1. The van der Waals surface area contributed by atoms with Gasteiger partial charge in [-0.2, -0.15) is 4.31 Å². The van der Waals surface area contributed by atoms with Gasteiger partial charge in [-0.05, 0) is 58.0 Å². The average molecular weight is 352 g/mol. The minimum absolute atomic E-state index is 0.393. The predicted molar refractivity (Wildman–Crippen MR) is 98.4 cm³/mol. The summed E-state index contributed by atoms with van der Waals surface area (Å²) in [5, 5.41) is 3.09. The summed E-state index contributed by atoms with van der Waals surface area (Å²) in [7, 11) is -1.37. The Morgan fingerprint density at radius 1 is 1.25 bits per heavy atom. The highest BCUT2D eigenvalue weighted by atomic mass is 32.2. The maximum atomic E-state index is 13.1. The Kier molecular flexibility index (Phi) is 6.06. The summed E-state index contributed by atoms with van der Waals surface area (Å²) in [6, 6.07) is 4.28. The van der Waals surface area contributed by atoms with Crippen LogP contribution in [0.3, 0.4) is 0 Å². The Morgan fingerprint density at radius 2 is 1.79 bits per heavy atom. The molecular formula is C18H29N3O2S. The standard InChI is InChI=1S/C18H29N3O2S/c1-6-19-13-20(5)17-7-9-21(10-8-17)24(22,23)18-15(3)11-14(2)12-16(18)4/h6,11-12,17,19H,1,7-10,13H2,2-5H3. The third-order valence-corrected chi connectivity index (χ3v) is 6.94. The van der Waals surface area contributed by atoms with Crippen LogP contribution in [0.5, 0.6) is 0 Å². The number of aryl methyl sites for hydroxylation is 3. The van der Waals surface area contributed by atoms with Gasteiger partial charge in [-0.3, -0.25) is 4.90 Å². The molecule has 134 valence electrons. The molecule has 1 aliphatic rings. The first-order chi connectivity index (χ1) is 11.3. The second-order valence-corrected chi connectivity index (χ2v) is 8.56. The fourth-order valence-electron chi connectivity index (χ4n) is 3.56. The van der Waals surface area contributed by atoms with Gasteiger partial charge in [-0.15, -0.1) is 0 Å². The molecule has 0 bridgehead atoms. The SMILES string of the molecule is C=CNCN(C)C1CCN(S(=O)(=O)c2c(C)cc(C)cc2C)CC1. The lowest BCUT2D eigenvalue weighted by Gasteiger charge is -2.36. The van der Waals surface area contributed by atoms with E-state index in [0.29, 0.717) is 24.0 Å². The van der Waals surface area contributed by atoms with E-state index in [0.717, 1.165) is 36.2 Å². The highest BCUT2D eigenvalue weighted by Crippen LogP contribution is 2.28. The number of hydrogen-bond acceptors (Lipinski definition) is 4. The molecule has 1 heterocycles. The van der Waals surface area contributed by atoms with Crippen LogP contribution in [0.15, 0.2) is 29.8 Å². The van der Waals surface area contributed by atoms with Gasteiger partial charge < -0.3 is 5.32 Å². The minimum Gasteiger partial charge on any atom is -0.379 e. The van der Waals surface area contributed by atoms with Crippen molar-refractivity contribution >= 4 is 10.0 Å². The monoisotopic (exact) mass is 351 g/mol. The van der Waals surface area contributed by atoms with Crippen molar-refractivity contribution in [2.24, 2.45) is 0 Å². The van der Waals surface area contributed by atoms with Crippen LogP contribution in [-0.2, 0) is 10.0 Å². The molecule has 5 nitrogen and oxygen atoms in total. The Bertz CT molecular complexity index is 669. The van der Waals surface area contributed by atoms with Gasteiger partial charge >= 0.3 is 0 Å². The first-order valence-corrected chi connectivity index (χ1v) is 9.84. The molecule has 0 aliphatic carbocycles. The van der Waals surface area contributed by atoms with Crippen LogP contribution < -0.4 is 5.32 Å². The number of benzene rings is 1. The Labute approximate surface area is 146 Å². The van der Waals surface area contributed by atoms with Crippen molar-refractivity contribution in [3.8, 4) is 0 Å². The number of piperidine rings is 1. The quantitative estimate of drug-likeness (QED) is 0.800. The number of nitrogens with zero attached hydrogens (tertiary/aromatic N) is 2. The van der Waals surface area contributed by atoms with Gasteiger partial charge in [0.05, 0.1) is 11.6 Å². The first-order valence-electron chi connectivity index (χ1n) is 8.40. The van der Waals surface area contributed by atoms with Gasteiger partial charge in [0.25, 0.3) is 0 Å². The van der Waals surface area contributed by atoms with E-state index in [1.54, 1.807) is 10.5 Å². The molecule has 0 spiro atoms. The molecule has 1 N–H and O–H groups in total. The van der Waals surface area contributed by atoms with Gasteiger partial charge in [0.2, 0.25) is 10.0 Å². The van der Waals surface area contributed by atoms with Gasteiger partial charge in [-0.25, -0.2) is 8.42 Å². The Hall–Kier alpha value is -1.37. The number of sulfonamides is 1. The van der Waals surface area contributed by atoms with Gasteiger partial charge in [-0.1, -0.05) is 24.3 Å². The summed E-state index contributed by atoms with van der Waals surface area (Å²) in [4.78, 5) is 2.70. The molecule has 24 heavy (non-hydrogen) atoms. The van der Waals surface area contributed by atoms with E-state index in [2.05, 4.69) is 23.8 Å². The lowest BCUT2D eigenvalue weighted by molar-refractivity contribution is 0.164. The maximum Gasteiger partial charge on any atom is 0.243 e. The first kappa shape index (κ1) is 19.0.